The normalized spacial score (nSPS) is 12.7. The Morgan fingerprint density at radius 2 is 1.88 bits per heavy atom. The zero-order valence-corrected chi connectivity index (χ0v) is 19.6. The average molecular weight is 448 g/mol. The Morgan fingerprint density at radius 1 is 1.22 bits per heavy atom. The highest BCUT2D eigenvalue weighted by atomic mass is 16.6. The number of carbonyl (C=O) groups is 4. The Balaban J connectivity index is 3.21. The number of hydrogen-bond donors (Lipinski definition) is 2. The summed E-state index contributed by atoms with van der Waals surface area (Å²) in [5.41, 5.74) is 0.569. The summed E-state index contributed by atoms with van der Waals surface area (Å²) in [6.07, 6.45) is 0.882. The van der Waals surface area contributed by atoms with E-state index < -0.39 is 41.6 Å². The van der Waals surface area contributed by atoms with E-state index in [0.717, 1.165) is 5.56 Å². The number of ether oxygens (including phenoxy) is 2. The summed E-state index contributed by atoms with van der Waals surface area (Å²) >= 11 is 0. The molecule has 2 N–H and O–H groups in total. The maximum absolute atomic E-state index is 13.2. The summed E-state index contributed by atoms with van der Waals surface area (Å²) in [7, 11) is 1.21. The standard InChI is InChI=1S/C23H33N3O6/c1-8-16-11-10-12-17(13-16)19(20(28)24-14-18(27)31-7)26(9-2)21(29)15(3)25-22(30)32-23(4,5)6/h8,10-13,15,19H,1,9,14H2,2-7H3,(H,24,28)(H,25,30). The molecule has 0 aliphatic heterocycles. The molecule has 0 saturated carbocycles. The molecule has 0 fully saturated rings. The second-order valence-electron chi connectivity index (χ2n) is 8.06. The van der Waals surface area contributed by atoms with Crippen molar-refractivity contribution in [3.05, 3.63) is 42.0 Å². The lowest BCUT2D eigenvalue weighted by Gasteiger charge is -2.32. The van der Waals surface area contributed by atoms with E-state index >= 15 is 0 Å². The monoisotopic (exact) mass is 447 g/mol. The highest BCUT2D eigenvalue weighted by Crippen LogP contribution is 2.24. The zero-order chi connectivity index (χ0) is 24.5. The van der Waals surface area contributed by atoms with E-state index in [1.165, 1.54) is 18.9 Å². The number of benzene rings is 1. The van der Waals surface area contributed by atoms with Crippen molar-refractivity contribution in [2.24, 2.45) is 0 Å². The Hall–Kier alpha value is -3.36. The first-order valence-electron chi connectivity index (χ1n) is 10.3. The first kappa shape index (κ1) is 26.7. The molecule has 0 saturated heterocycles. The fraction of sp³-hybridized carbons (Fsp3) is 0.478. The second kappa shape index (κ2) is 11.9. The van der Waals surface area contributed by atoms with Crippen molar-refractivity contribution in [1.82, 2.24) is 15.5 Å². The van der Waals surface area contributed by atoms with Gasteiger partial charge in [0.2, 0.25) is 11.8 Å². The van der Waals surface area contributed by atoms with Crippen molar-refractivity contribution in [1.29, 1.82) is 0 Å². The van der Waals surface area contributed by atoms with E-state index in [0.29, 0.717) is 5.56 Å². The van der Waals surface area contributed by atoms with Crippen LogP contribution in [0.3, 0.4) is 0 Å². The molecule has 0 bridgehead atoms. The van der Waals surface area contributed by atoms with Crippen LogP contribution in [0.4, 0.5) is 4.79 Å². The van der Waals surface area contributed by atoms with Crippen LogP contribution in [-0.4, -0.2) is 60.6 Å². The van der Waals surface area contributed by atoms with Gasteiger partial charge < -0.3 is 25.0 Å². The van der Waals surface area contributed by atoms with Crippen LogP contribution >= 0.6 is 0 Å². The third-order valence-corrected chi connectivity index (χ3v) is 4.38. The van der Waals surface area contributed by atoms with Crippen molar-refractivity contribution >= 4 is 30.0 Å². The number of amides is 3. The number of alkyl carbamates (subject to hydrolysis) is 1. The van der Waals surface area contributed by atoms with Crippen LogP contribution in [0.5, 0.6) is 0 Å². The molecule has 2 unspecified atom stereocenters. The summed E-state index contributed by atoms with van der Waals surface area (Å²) in [5, 5.41) is 5.01. The topological polar surface area (TPSA) is 114 Å². The number of carbonyl (C=O) groups excluding carboxylic acids is 4. The van der Waals surface area contributed by atoms with Gasteiger partial charge in [-0.05, 0) is 51.8 Å². The smallest absolute Gasteiger partial charge is 0.408 e. The SMILES string of the molecule is C=Cc1cccc(C(C(=O)NCC(=O)OC)N(CC)C(=O)C(C)NC(=O)OC(C)(C)C)c1. The first-order valence-corrected chi connectivity index (χ1v) is 10.3. The van der Waals surface area contributed by atoms with Crippen molar-refractivity contribution in [2.45, 2.75) is 52.3 Å². The number of hydrogen-bond acceptors (Lipinski definition) is 6. The van der Waals surface area contributed by atoms with Crippen LogP contribution in [-0.2, 0) is 23.9 Å². The number of nitrogens with one attached hydrogen (secondary N) is 2. The summed E-state index contributed by atoms with van der Waals surface area (Å²) in [6, 6.07) is 5.00. The van der Waals surface area contributed by atoms with Gasteiger partial charge in [-0.25, -0.2) is 4.79 Å². The minimum atomic E-state index is -1.04. The van der Waals surface area contributed by atoms with Crippen LogP contribution in [0.1, 0.15) is 51.8 Å². The number of rotatable bonds is 9. The first-order chi connectivity index (χ1) is 14.9. The highest BCUT2D eigenvalue weighted by Gasteiger charge is 2.34. The van der Waals surface area contributed by atoms with E-state index in [2.05, 4.69) is 21.9 Å². The number of esters is 1. The minimum absolute atomic E-state index is 0.174. The molecule has 3 amide bonds. The molecule has 1 aromatic rings. The third kappa shape index (κ3) is 8.05. The van der Waals surface area contributed by atoms with Gasteiger partial charge in [-0.3, -0.25) is 14.4 Å². The summed E-state index contributed by atoms with van der Waals surface area (Å²) in [6.45, 7) is 11.9. The molecule has 176 valence electrons. The molecule has 0 heterocycles. The maximum atomic E-state index is 13.2. The number of nitrogens with zero attached hydrogens (tertiary/aromatic N) is 1. The van der Waals surface area contributed by atoms with Crippen molar-refractivity contribution in [3.63, 3.8) is 0 Å². The van der Waals surface area contributed by atoms with Gasteiger partial charge in [-0.15, -0.1) is 0 Å². The van der Waals surface area contributed by atoms with Crippen LogP contribution in [0, 0.1) is 0 Å². The Kier molecular flexibility index (Phi) is 9.90. The van der Waals surface area contributed by atoms with Gasteiger partial charge in [-0.2, -0.15) is 0 Å². The fourth-order valence-electron chi connectivity index (χ4n) is 2.92. The predicted octanol–water partition coefficient (Wildman–Crippen LogP) is 2.42. The van der Waals surface area contributed by atoms with E-state index in [9.17, 15) is 19.2 Å². The van der Waals surface area contributed by atoms with Crippen LogP contribution in [0.15, 0.2) is 30.8 Å². The van der Waals surface area contributed by atoms with Gasteiger partial charge in [0.05, 0.1) is 7.11 Å². The molecule has 9 nitrogen and oxygen atoms in total. The van der Waals surface area contributed by atoms with Crippen molar-refractivity contribution in [3.8, 4) is 0 Å². The van der Waals surface area contributed by atoms with Gasteiger partial charge in [0.1, 0.15) is 24.2 Å². The molecule has 0 aliphatic carbocycles. The van der Waals surface area contributed by atoms with E-state index in [-0.39, 0.29) is 13.1 Å². The fourth-order valence-corrected chi connectivity index (χ4v) is 2.92. The molecular weight excluding hydrogens is 414 g/mol. The summed E-state index contributed by atoms with van der Waals surface area (Å²) in [4.78, 5) is 51.2. The molecule has 1 rings (SSSR count). The molecule has 0 spiro atoms. The highest BCUT2D eigenvalue weighted by molar-refractivity contribution is 5.93. The molecular formula is C23H33N3O6. The molecule has 9 heteroatoms. The van der Waals surface area contributed by atoms with Gasteiger partial charge in [0.15, 0.2) is 0 Å². The van der Waals surface area contributed by atoms with E-state index in [1.807, 2.05) is 6.07 Å². The average Bonchev–Trinajstić information content (AvgIpc) is 2.73. The van der Waals surface area contributed by atoms with Gasteiger partial charge in [-0.1, -0.05) is 30.9 Å². The lowest BCUT2D eigenvalue weighted by molar-refractivity contribution is -0.144. The maximum Gasteiger partial charge on any atom is 0.408 e. The number of likely N-dealkylation sites (N-methyl/N-ethyl adjacent to an activating group) is 1. The van der Waals surface area contributed by atoms with Gasteiger partial charge in [0.25, 0.3) is 0 Å². The minimum Gasteiger partial charge on any atom is -0.468 e. The van der Waals surface area contributed by atoms with Crippen LogP contribution < -0.4 is 10.6 Å². The summed E-state index contributed by atoms with van der Waals surface area (Å²) in [5.74, 6) is -1.66. The predicted molar refractivity (Wildman–Crippen MR) is 121 cm³/mol. The molecule has 0 aliphatic rings. The lowest BCUT2D eigenvalue weighted by atomic mass is 10.0. The Morgan fingerprint density at radius 3 is 2.41 bits per heavy atom. The van der Waals surface area contributed by atoms with Crippen LogP contribution in [0.25, 0.3) is 6.08 Å². The largest absolute Gasteiger partial charge is 0.468 e. The zero-order valence-electron chi connectivity index (χ0n) is 19.6. The molecule has 1 aromatic carbocycles. The summed E-state index contributed by atoms with van der Waals surface area (Å²) < 4.78 is 9.78. The third-order valence-electron chi connectivity index (χ3n) is 4.38. The molecule has 0 radical (unpaired) electrons. The van der Waals surface area contributed by atoms with Crippen LogP contribution in [0.2, 0.25) is 0 Å². The lowest BCUT2D eigenvalue weighted by Crippen LogP contribution is -2.52. The number of methoxy groups -OCH3 is 1. The van der Waals surface area contributed by atoms with Crippen molar-refractivity contribution in [2.75, 3.05) is 20.2 Å². The second-order valence-corrected chi connectivity index (χ2v) is 8.06. The van der Waals surface area contributed by atoms with Gasteiger partial charge in [0, 0.05) is 6.54 Å². The van der Waals surface area contributed by atoms with E-state index in [1.54, 1.807) is 52.0 Å². The molecule has 2 atom stereocenters. The van der Waals surface area contributed by atoms with E-state index in [4.69, 9.17) is 4.74 Å². The van der Waals surface area contributed by atoms with Gasteiger partial charge >= 0.3 is 12.1 Å². The van der Waals surface area contributed by atoms with Crippen molar-refractivity contribution < 1.29 is 28.7 Å². The quantitative estimate of drug-likeness (QED) is 0.562. The molecule has 0 aromatic heterocycles. The molecule has 32 heavy (non-hydrogen) atoms. The Bertz CT molecular complexity index is 846. The Labute approximate surface area is 189 Å².